The molecular formula is C12H16O2. The van der Waals surface area contributed by atoms with Gasteiger partial charge in [-0.3, -0.25) is 0 Å². The first kappa shape index (κ1) is 9.53. The zero-order valence-electron chi connectivity index (χ0n) is 8.66. The van der Waals surface area contributed by atoms with Crippen LogP contribution in [0.5, 0.6) is 5.75 Å². The number of methoxy groups -OCH3 is 1. The number of phenols is 1. The van der Waals surface area contributed by atoms with Gasteiger partial charge < -0.3 is 9.84 Å². The highest BCUT2D eigenvalue weighted by Crippen LogP contribution is 2.42. The van der Waals surface area contributed by atoms with Crippen LogP contribution in [0.4, 0.5) is 0 Å². The fourth-order valence-corrected chi connectivity index (χ4v) is 1.68. The molecule has 1 aromatic rings. The first-order valence-electron chi connectivity index (χ1n) is 5.07. The maximum Gasteiger partial charge on any atom is 0.116 e. The van der Waals surface area contributed by atoms with Crippen molar-refractivity contribution < 1.29 is 9.84 Å². The molecule has 14 heavy (non-hydrogen) atoms. The smallest absolute Gasteiger partial charge is 0.116 e. The van der Waals surface area contributed by atoms with Gasteiger partial charge in [0.1, 0.15) is 5.75 Å². The van der Waals surface area contributed by atoms with Crippen LogP contribution >= 0.6 is 0 Å². The summed E-state index contributed by atoms with van der Waals surface area (Å²) in [7, 11) is 1.69. The molecule has 1 saturated carbocycles. The third kappa shape index (κ3) is 1.90. The number of aromatic hydroxyl groups is 1. The fraction of sp³-hybridized carbons (Fsp3) is 0.500. The Kier molecular flexibility index (Phi) is 2.46. The number of benzene rings is 1. The van der Waals surface area contributed by atoms with Crippen LogP contribution in [0.3, 0.4) is 0 Å². The molecule has 1 aliphatic rings. The zero-order chi connectivity index (χ0) is 10.1. The van der Waals surface area contributed by atoms with Gasteiger partial charge in [-0.05, 0) is 48.9 Å². The van der Waals surface area contributed by atoms with Gasteiger partial charge in [0.25, 0.3) is 0 Å². The molecule has 0 saturated heterocycles. The fourth-order valence-electron chi connectivity index (χ4n) is 1.68. The van der Waals surface area contributed by atoms with Gasteiger partial charge in [0.05, 0.1) is 6.10 Å². The van der Waals surface area contributed by atoms with Gasteiger partial charge in [0.15, 0.2) is 0 Å². The Bertz CT molecular complexity index is 329. The van der Waals surface area contributed by atoms with Crippen LogP contribution in [0.1, 0.15) is 42.9 Å². The number of hydrogen-bond donors (Lipinski definition) is 1. The molecule has 0 aliphatic heterocycles. The van der Waals surface area contributed by atoms with Crippen molar-refractivity contribution in [2.45, 2.75) is 31.8 Å². The van der Waals surface area contributed by atoms with Crippen molar-refractivity contribution in [2.24, 2.45) is 0 Å². The molecule has 1 atom stereocenters. The summed E-state index contributed by atoms with van der Waals surface area (Å²) in [6, 6.07) is 5.79. The van der Waals surface area contributed by atoms with Gasteiger partial charge >= 0.3 is 0 Å². The molecule has 0 amide bonds. The van der Waals surface area contributed by atoms with Gasteiger partial charge in [-0.15, -0.1) is 0 Å². The summed E-state index contributed by atoms with van der Waals surface area (Å²) < 4.78 is 5.24. The highest BCUT2D eigenvalue weighted by molar-refractivity contribution is 5.38. The van der Waals surface area contributed by atoms with Gasteiger partial charge in [-0.25, -0.2) is 0 Å². The van der Waals surface area contributed by atoms with Crippen LogP contribution in [0.25, 0.3) is 0 Å². The van der Waals surface area contributed by atoms with Crippen molar-refractivity contribution >= 4 is 0 Å². The van der Waals surface area contributed by atoms with Crippen molar-refractivity contribution in [3.05, 3.63) is 29.3 Å². The van der Waals surface area contributed by atoms with Crippen LogP contribution in [0.2, 0.25) is 0 Å². The predicted molar refractivity (Wildman–Crippen MR) is 55.5 cm³/mol. The van der Waals surface area contributed by atoms with E-state index in [9.17, 15) is 5.11 Å². The molecule has 2 rings (SSSR count). The maximum absolute atomic E-state index is 9.56. The van der Waals surface area contributed by atoms with E-state index in [0.717, 1.165) is 5.56 Å². The Balaban J connectivity index is 2.30. The van der Waals surface area contributed by atoms with Crippen LogP contribution in [-0.2, 0) is 4.74 Å². The molecule has 1 N–H and O–H groups in total. The number of rotatable bonds is 3. The Morgan fingerprint density at radius 2 is 2.07 bits per heavy atom. The average Bonchev–Trinajstić information content (AvgIpc) is 2.98. The molecule has 0 radical (unpaired) electrons. The summed E-state index contributed by atoms with van der Waals surface area (Å²) >= 11 is 0. The van der Waals surface area contributed by atoms with Crippen LogP contribution < -0.4 is 0 Å². The van der Waals surface area contributed by atoms with E-state index in [1.54, 1.807) is 13.2 Å². The molecule has 0 aromatic heterocycles. The second kappa shape index (κ2) is 3.62. The normalized spacial score (nSPS) is 18.1. The summed E-state index contributed by atoms with van der Waals surface area (Å²) in [4.78, 5) is 0. The molecule has 0 spiro atoms. The molecule has 0 heterocycles. The summed E-state index contributed by atoms with van der Waals surface area (Å²) in [5.41, 5.74) is 2.32. The lowest BCUT2D eigenvalue weighted by atomic mass is 10.0. The molecule has 0 bridgehead atoms. The number of hydrogen-bond acceptors (Lipinski definition) is 2. The average molecular weight is 192 g/mol. The Morgan fingerprint density at radius 3 is 2.64 bits per heavy atom. The molecular weight excluding hydrogens is 176 g/mol. The van der Waals surface area contributed by atoms with Crippen LogP contribution in [0, 0.1) is 0 Å². The lowest BCUT2D eigenvalue weighted by Gasteiger charge is -2.12. The molecule has 2 nitrogen and oxygen atoms in total. The van der Waals surface area contributed by atoms with Gasteiger partial charge in [-0.1, -0.05) is 6.07 Å². The predicted octanol–water partition coefficient (Wildman–Crippen LogP) is 2.98. The molecule has 2 heteroatoms. The topological polar surface area (TPSA) is 29.5 Å². The quantitative estimate of drug-likeness (QED) is 0.797. The minimum atomic E-state index is 0.0552. The van der Waals surface area contributed by atoms with E-state index in [1.807, 2.05) is 13.0 Å². The van der Waals surface area contributed by atoms with Gasteiger partial charge in [0, 0.05) is 7.11 Å². The van der Waals surface area contributed by atoms with Crippen molar-refractivity contribution in [1.29, 1.82) is 0 Å². The first-order chi connectivity index (χ1) is 6.70. The van der Waals surface area contributed by atoms with E-state index in [4.69, 9.17) is 4.74 Å². The van der Waals surface area contributed by atoms with Crippen molar-refractivity contribution in [3.8, 4) is 5.75 Å². The Hall–Kier alpha value is -1.02. The largest absolute Gasteiger partial charge is 0.508 e. The first-order valence-corrected chi connectivity index (χ1v) is 5.07. The van der Waals surface area contributed by atoms with Crippen molar-refractivity contribution in [1.82, 2.24) is 0 Å². The van der Waals surface area contributed by atoms with Crippen LogP contribution in [0.15, 0.2) is 18.2 Å². The van der Waals surface area contributed by atoms with E-state index < -0.39 is 0 Å². The Labute approximate surface area is 84.5 Å². The van der Waals surface area contributed by atoms with Gasteiger partial charge in [-0.2, -0.15) is 0 Å². The van der Waals surface area contributed by atoms with E-state index >= 15 is 0 Å². The minimum absolute atomic E-state index is 0.0552. The monoisotopic (exact) mass is 192 g/mol. The molecule has 1 aliphatic carbocycles. The standard InChI is InChI=1S/C12H16O2/c1-8(14-2)10-5-11(9-3-4-9)7-12(13)6-10/h5-9,13H,3-4H2,1-2H3. The van der Waals surface area contributed by atoms with Crippen molar-refractivity contribution in [2.75, 3.05) is 7.11 Å². The van der Waals surface area contributed by atoms with E-state index in [0.29, 0.717) is 11.7 Å². The molecule has 1 aromatic carbocycles. The second-order valence-corrected chi connectivity index (χ2v) is 4.01. The van der Waals surface area contributed by atoms with E-state index in [-0.39, 0.29) is 6.10 Å². The summed E-state index contributed by atoms with van der Waals surface area (Å²) in [5, 5.41) is 9.56. The van der Waals surface area contributed by atoms with E-state index in [1.165, 1.54) is 18.4 Å². The second-order valence-electron chi connectivity index (χ2n) is 4.01. The number of phenolic OH excluding ortho intramolecular Hbond substituents is 1. The highest BCUT2D eigenvalue weighted by Gasteiger charge is 2.24. The SMILES string of the molecule is COC(C)c1cc(O)cc(C2CC2)c1. The minimum Gasteiger partial charge on any atom is -0.508 e. The summed E-state index contributed by atoms with van der Waals surface area (Å²) in [6.07, 6.45) is 2.56. The lowest BCUT2D eigenvalue weighted by Crippen LogP contribution is -1.96. The van der Waals surface area contributed by atoms with Crippen molar-refractivity contribution in [3.63, 3.8) is 0 Å². The third-order valence-electron chi connectivity index (χ3n) is 2.83. The lowest BCUT2D eigenvalue weighted by molar-refractivity contribution is 0.119. The zero-order valence-corrected chi connectivity index (χ0v) is 8.66. The maximum atomic E-state index is 9.56. The molecule has 76 valence electrons. The molecule has 1 fully saturated rings. The van der Waals surface area contributed by atoms with Crippen LogP contribution in [-0.4, -0.2) is 12.2 Å². The number of ether oxygens (including phenoxy) is 1. The highest BCUT2D eigenvalue weighted by atomic mass is 16.5. The Morgan fingerprint density at radius 1 is 1.36 bits per heavy atom. The third-order valence-corrected chi connectivity index (χ3v) is 2.83. The van der Waals surface area contributed by atoms with Gasteiger partial charge in [0.2, 0.25) is 0 Å². The molecule has 1 unspecified atom stereocenters. The van der Waals surface area contributed by atoms with E-state index in [2.05, 4.69) is 6.07 Å². The summed E-state index contributed by atoms with van der Waals surface area (Å²) in [6.45, 7) is 1.99. The summed E-state index contributed by atoms with van der Waals surface area (Å²) in [5.74, 6) is 1.03.